The van der Waals surface area contributed by atoms with Crippen molar-refractivity contribution in [2.24, 2.45) is 0 Å². The van der Waals surface area contributed by atoms with E-state index >= 15 is 0 Å². The minimum Gasteiger partial charge on any atom is -0.479 e. The average molecular weight is 393 g/mol. The first-order chi connectivity index (χ1) is 12.5. The molecule has 7 nitrogen and oxygen atoms in total. The van der Waals surface area contributed by atoms with Crippen LogP contribution in [0.3, 0.4) is 0 Å². The van der Waals surface area contributed by atoms with Crippen LogP contribution in [0.1, 0.15) is 0 Å². The summed E-state index contributed by atoms with van der Waals surface area (Å²) in [6.45, 7) is 1.04. The predicted molar refractivity (Wildman–Crippen MR) is 98.5 cm³/mol. The van der Waals surface area contributed by atoms with Gasteiger partial charge in [-0.25, -0.2) is 14.8 Å². The lowest BCUT2D eigenvalue weighted by Crippen LogP contribution is -2.46. The molecule has 1 aromatic carbocycles. The van der Waals surface area contributed by atoms with Crippen molar-refractivity contribution in [1.29, 1.82) is 0 Å². The number of carboxylic acid groups (broad SMARTS) is 1. The summed E-state index contributed by atoms with van der Waals surface area (Å²) in [4.78, 5) is 21.9. The second-order valence-corrected chi connectivity index (χ2v) is 6.66. The Morgan fingerprint density at radius 3 is 2.92 bits per heavy atom. The Hall–Kier alpha value is -2.35. The fraction of sp³-hybridized carbons (Fsp3) is 0.235. The van der Waals surface area contributed by atoms with E-state index in [9.17, 15) is 9.90 Å². The van der Waals surface area contributed by atoms with Gasteiger partial charge in [0.25, 0.3) is 0 Å². The third kappa shape index (κ3) is 2.98. The SMILES string of the molecule is O=C(O)[C@@H]1CN(c2cc(-n3ccnc3)c3ccc(Cl)c(Cl)c3n2)CCO1. The Morgan fingerprint density at radius 2 is 2.19 bits per heavy atom. The Labute approximate surface area is 158 Å². The van der Waals surface area contributed by atoms with Gasteiger partial charge in [-0.15, -0.1) is 0 Å². The summed E-state index contributed by atoms with van der Waals surface area (Å²) >= 11 is 12.6. The number of aliphatic carboxylic acids is 1. The fourth-order valence-electron chi connectivity index (χ4n) is 2.99. The lowest BCUT2D eigenvalue weighted by Gasteiger charge is -2.32. The number of aromatic nitrogens is 3. The molecule has 0 amide bonds. The number of imidazole rings is 1. The first-order valence-corrected chi connectivity index (χ1v) is 8.66. The maximum atomic E-state index is 11.3. The van der Waals surface area contributed by atoms with Gasteiger partial charge in [-0.05, 0) is 12.1 Å². The molecule has 9 heteroatoms. The standard InChI is InChI=1S/C17H14Cl2N4O3/c18-11-2-1-10-12(23-4-3-20-9-23)7-14(21-16(10)15(11)19)22-5-6-26-13(8-22)17(24)25/h1-4,7,9,13H,5-6,8H2,(H,24,25)/t13-/m0/s1. The first-order valence-electron chi connectivity index (χ1n) is 7.91. The number of morpholine rings is 1. The van der Waals surface area contributed by atoms with Crippen molar-refractivity contribution in [2.45, 2.75) is 6.10 Å². The summed E-state index contributed by atoms with van der Waals surface area (Å²) in [5, 5.41) is 10.8. The van der Waals surface area contributed by atoms with Crippen LogP contribution in [-0.4, -0.2) is 51.4 Å². The van der Waals surface area contributed by atoms with Gasteiger partial charge >= 0.3 is 5.97 Å². The average Bonchev–Trinajstić information content (AvgIpc) is 3.18. The normalized spacial score (nSPS) is 17.6. The zero-order valence-corrected chi connectivity index (χ0v) is 15.0. The molecule has 0 bridgehead atoms. The second-order valence-electron chi connectivity index (χ2n) is 5.87. The van der Waals surface area contributed by atoms with Crippen molar-refractivity contribution < 1.29 is 14.6 Å². The van der Waals surface area contributed by atoms with Crippen molar-refractivity contribution in [2.75, 3.05) is 24.6 Å². The monoisotopic (exact) mass is 392 g/mol. The highest BCUT2D eigenvalue weighted by atomic mass is 35.5. The van der Waals surface area contributed by atoms with Gasteiger partial charge in [0.1, 0.15) is 5.82 Å². The lowest BCUT2D eigenvalue weighted by molar-refractivity contribution is -0.150. The molecule has 1 aliphatic rings. The predicted octanol–water partition coefficient (Wildman–Crippen LogP) is 3.02. The molecule has 1 aliphatic heterocycles. The highest BCUT2D eigenvalue weighted by molar-refractivity contribution is 6.45. The molecule has 0 spiro atoms. The molecule has 4 rings (SSSR count). The number of benzene rings is 1. The number of hydrogen-bond donors (Lipinski definition) is 1. The molecule has 1 saturated heterocycles. The highest BCUT2D eigenvalue weighted by Crippen LogP contribution is 2.35. The van der Waals surface area contributed by atoms with Crippen LogP contribution >= 0.6 is 23.2 Å². The number of fused-ring (bicyclic) bond motifs is 1. The van der Waals surface area contributed by atoms with Gasteiger partial charge < -0.3 is 19.3 Å². The van der Waals surface area contributed by atoms with Gasteiger partial charge in [-0.2, -0.15) is 0 Å². The summed E-state index contributed by atoms with van der Waals surface area (Å²) in [5.41, 5.74) is 1.39. The summed E-state index contributed by atoms with van der Waals surface area (Å²) in [7, 11) is 0. The maximum absolute atomic E-state index is 11.3. The zero-order valence-electron chi connectivity index (χ0n) is 13.5. The number of pyridine rings is 1. The number of carboxylic acids is 1. The summed E-state index contributed by atoms with van der Waals surface area (Å²) < 4.78 is 7.15. The first kappa shape index (κ1) is 17.1. The molecule has 0 aliphatic carbocycles. The molecule has 3 aromatic rings. The Kier molecular flexibility index (Phi) is 4.44. The Morgan fingerprint density at radius 1 is 1.35 bits per heavy atom. The van der Waals surface area contributed by atoms with Crippen molar-refractivity contribution in [1.82, 2.24) is 14.5 Å². The minimum absolute atomic E-state index is 0.204. The van der Waals surface area contributed by atoms with E-state index in [2.05, 4.69) is 9.97 Å². The van der Waals surface area contributed by atoms with Crippen LogP contribution in [-0.2, 0) is 9.53 Å². The summed E-state index contributed by atoms with van der Waals surface area (Å²) in [6.07, 6.45) is 4.28. The molecule has 1 atom stereocenters. The topological polar surface area (TPSA) is 80.5 Å². The molecule has 0 saturated carbocycles. The molecule has 0 radical (unpaired) electrons. The van der Waals surface area contributed by atoms with Crippen LogP contribution in [0.5, 0.6) is 0 Å². The molecule has 134 valence electrons. The maximum Gasteiger partial charge on any atom is 0.334 e. The van der Waals surface area contributed by atoms with Gasteiger partial charge in [-0.1, -0.05) is 23.2 Å². The number of nitrogens with zero attached hydrogens (tertiary/aromatic N) is 4. The van der Waals surface area contributed by atoms with Crippen molar-refractivity contribution >= 4 is 45.9 Å². The molecule has 1 fully saturated rings. The molecule has 2 aromatic heterocycles. The van der Waals surface area contributed by atoms with E-state index in [0.29, 0.717) is 34.5 Å². The Bertz CT molecular complexity index is 978. The largest absolute Gasteiger partial charge is 0.479 e. The molecule has 0 unspecified atom stereocenters. The minimum atomic E-state index is -0.994. The number of rotatable bonds is 3. The van der Waals surface area contributed by atoms with Crippen LogP contribution in [0.2, 0.25) is 10.0 Å². The van der Waals surface area contributed by atoms with Gasteiger partial charge in [0.2, 0.25) is 0 Å². The van der Waals surface area contributed by atoms with Crippen LogP contribution in [0.15, 0.2) is 36.9 Å². The lowest BCUT2D eigenvalue weighted by atomic mass is 10.1. The molecule has 3 heterocycles. The van der Waals surface area contributed by atoms with E-state index in [4.69, 9.17) is 27.9 Å². The van der Waals surface area contributed by atoms with E-state index < -0.39 is 12.1 Å². The van der Waals surface area contributed by atoms with Crippen molar-refractivity contribution in [3.05, 3.63) is 47.0 Å². The van der Waals surface area contributed by atoms with E-state index in [1.165, 1.54) is 0 Å². The van der Waals surface area contributed by atoms with Gasteiger partial charge in [0.15, 0.2) is 6.10 Å². The Balaban J connectivity index is 1.88. The number of halogens is 2. The van der Waals surface area contributed by atoms with E-state index in [-0.39, 0.29) is 6.54 Å². The van der Waals surface area contributed by atoms with Gasteiger partial charge in [0.05, 0.1) is 40.7 Å². The molecule has 26 heavy (non-hydrogen) atoms. The van der Waals surface area contributed by atoms with E-state index in [0.717, 1.165) is 11.1 Å². The van der Waals surface area contributed by atoms with E-state index in [1.807, 2.05) is 27.8 Å². The summed E-state index contributed by atoms with van der Waals surface area (Å²) in [5.74, 6) is -0.383. The van der Waals surface area contributed by atoms with Crippen LogP contribution in [0, 0.1) is 0 Å². The quantitative estimate of drug-likeness (QED) is 0.737. The number of hydrogen-bond acceptors (Lipinski definition) is 5. The molecular weight excluding hydrogens is 379 g/mol. The van der Waals surface area contributed by atoms with Crippen LogP contribution in [0.25, 0.3) is 16.6 Å². The van der Waals surface area contributed by atoms with E-state index in [1.54, 1.807) is 18.6 Å². The number of carbonyl (C=O) groups is 1. The molecule has 1 N–H and O–H groups in total. The van der Waals surface area contributed by atoms with Crippen molar-refractivity contribution in [3.8, 4) is 5.69 Å². The number of anilines is 1. The molecular formula is C17H14Cl2N4O3. The third-order valence-electron chi connectivity index (χ3n) is 4.29. The summed E-state index contributed by atoms with van der Waals surface area (Å²) in [6, 6.07) is 5.47. The van der Waals surface area contributed by atoms with Crippen molar-refractivity contribution in [3.63, 3.8) is 0 Å². The third-order valence-corrected chi connectivity index (χ3v) is 5.08. The number of ether oxygens (including phenoxy) is 1. The van der Waals surface area contributed by atoms with Gasteiger partial charge in [0, 0.05) is 30.4 Å². The fourth-order valence-corrected chi connectivity index (χ4v) is 3.35. The zero-order chi connectivity index (χ0) is 18.3. The highest BCUT2D eigenvalue weighted by Gasteiger charge is 2.27. The van der Waals surface area contributed by atoms with Crippen LogP contribution < -0.4 is 4.90 Å². The smallest absolute Gasteiger partial charge is 0.334 e. The van der Waals surface area contributed by atoms with Crippen LogP contribution in [0.4, 0.5) is 5.82 Å². The second kappa shape index (κ2) is 6.75. The van der Waals surface area contributed by atoms with Gasteiger partial charge in [-0.3, -0.25) is 0 Å².